The zero-order valence-electron chi connectivity index (χ0n) is 14.3. The average molecular weight is 350 g/mol. The Bertz CT molecular complexity index is 637. The topological polar surface area (TPSA) is 84.2 Å². The molecule has 2 aliphatic carbocycles. The van der Waals surface area contributed by atoms with E-state index < -0.39 is 16.9 Å². The van der Waals surface area contributed by atoms with Gasteiger partial charge in [-0.1, -0.05) is 19.3 Å². The fourth-order valence-corrected chi connectivity index (χ4v) is 4.40. The molecule has 1 aromatic carbocycles. The summed E-state index contributed by atoms with van der Waals surface area (Å²) in [7, 11) is -1.32. The second kappa shape index (κ2) is 7.23. The van der Waals surface area contributed by atoms with Gasteiger partial charge in [0, 0.05) is 17.8 Å². The van der Waals surface area contributed by atoms with Crippen LogP contribution in [0.4, 0.5) is 5.69 Å². The van der Waals surface area contributed by atoms with Crippen molar-refractivity contribution in [3.05, 3.63) is 23.8 Å². The predicted octanol–water partition coefficient (Wildman–Crippen LogP) is 2.94. The summed E-state index contributed by atoms with van der Waals surface area (Å²) in [6.45, 7) is 2.92. The van der Waals surface area contributed by atoms with Gasteiger partial charge in [0.15, 0.2) is 0 Å². The lowest BCUT2D eigenvalue weighted by Crippen LogP contribution is -2.30. The van der Waals surface area contributed by atoms with Crippen LogP contribution in [0.1, 0.15) is 62.2 Å². The van der Waals surface area contributed by atoms with Gasteiger partial charge in [-0.2, -0.15) is 0 Å². The second-order valence-electron chi connectivity index (χ2n) is 7.39. The molecule has 3 rings (SSSR count). The SMILES string of the molecule is CC1(NS(=O)c2ccc(NCC3CCCCC3)c(C(N)=O)c2)CC1. The lowest BCUT2D eigenvalue weighted by Gasteiger charge is -2.23. The van der Waals surface area contributed by atoms with Gasteiger partial charge in [0.1, 0.15) is 11.0 Å². The molecule has 2 aliphatic rings. The van der Waals surface area contributed by atoms with E-state index in [1.807, 2.05) is 12.1 Å². The van der Waals surface area contributed by atoms with Crippen molar-refractivity contribution in [2.75, 3.05) is 11.9 Å². The summed E-state index contributed by atoms with van der Waals surface area (Å²) < 4.78 is 15.5. The fourth-order valence-electron chi connectivity index (χ4n) is 3.21. The number of carbonyl (C=O) groups excluding carboxylic acids is 1. The molecule has 5 nitrogen and oxygen atoms in total. The van der Waals surface area contributed by atoms with E-state index in [-0.39, 0.29) is 5.54 Å². The third-order valence-electron chi connectivity index (χ3n) is 5.12. The number of hydrogen-bond acceptors (Lipinski definition) is 3. The largest absolute Gasteiger partial charge is 0.384 e. The van der Waals surface area contributed by atoms with Gasteiger partial charge in [0.05, 0.1) is 10.5 Å². The van der Waals surface area contributed by atoms with Gasteiger partial charge >= 0.3 is 0 Å². The molecule has 2 saturated carbocycles. The third-order valence-corrected chi connectivity index (χ3v) is 6.48. The first-order chi connectivity index (χ1) is 11.5. The Hall–Kier alpha value is -1.40. The molecule has 0 saturated heterocycles. The number of amides is 1. The minimum Gasteiger partial charge on any atom is -0.384 e. The molecule has 0 heterocycles. The van der Waals surface area contributed by atoms with E-state index in [1.165, 1.54) is 32.1 Å². The minimum atomic E-state index is -1.32. The summed E-state index contributed by atoms with van der Waals surface area (Å²) in [4.78, 5) is 12.4. The lowest BCUT2D eigenvalue weighted by atomic mass is 9.89. The molecule has 24 heavy (non-hydrogen) atoms. The van der Waals surface area contributed by atoms with E-state index in [9.17, 15) is 9.00 Å². The molecule has 0 bridgehead atoms. The van der Waals surface area contributed by atoms with Crippen molar-refractivity contribution in [2.24, 2.45) is 11.7 Å². The van der Waals surface area contributed by atoms with E-state index in [2.05, 4.69) is 17.0 Å². The van der Waals surface area contributed by atoms with E-state index in [4.69, 9.17) is 5.73 Å². The van der Waals surface area contributed by atoms with Gasteiger partial charge in [-0.05, 0) is 56.7 Å². The fraction of sp³-hybridized carbons (Fsp3) is 0.611. The van der Waals surface area contributed by atoms with Crippen molar-refractivity contribution in [2.45, 2.75) is 62.3 Å². The van der Waals surface area contributed by atoms with Gasteiger partial charge in [-0.15, -0.1) is 0 Å². The van der Waals surface area contributed by atoms with E-state index in [0.29, 0.717) is 16.4 Å². The number of nitrogens with two attached hydrogens (primary N) is 1. The van der Waals surface area contributed by atoms with Crippen LogP contribution in [0.3, 0.4) is 0 Å². The Morgan fingerprint density at radius 1 is 1.29 bits per heavy atom. The van der Waals surface area contributed by atoms with Crippen molar-refractivity contribution in [3.63, 3.8) is 0 Å². The summed E-state index contributed by atoms with van der Waals surface area (Å²) in [6, 6.07) is 5.29. The highest BCUT2D eigenvalue weighted by Crippen LogP contribution is 2.35. The Morgan fingerprint density at radius 2 is 2.00 bits per heavy atom. The maximum Gasteiger partial charge on any atom is 0.250 e. The molecule has 0 aromatic heterocycles. The van der Waals surface area contributed by atoms with Crippen LogP contribution >= 0.6 is 0 Å². The van der Waals surface area contributed by atoms with Crippen LogP contribution in [-0.2, 0) is 11.0 Å². The smallest absolute Gasteiger partial charge is 0.250 e. The van der Waals surface area contributed by atoms with Crippen LogP contribution in [0, 0.1) is 5.92 Å². The molecule has 0 aliphatic heterocycles. The van der Waals surface area contributed by atoms with Gasteiger partial charge in [-0.3, -0.25) is 4.79 Å². The molecular weight excluding hydrogens is 322 g/mol. The highest BCUT2D eigenvalue weighted by atomic mass is 32.2. The number of hydrogen-bond donors (Lipinski definition) is 3. The Labute approximate surface area is 146 Å². The molecule has 1 unspecified atom stereocenters. The predicted molar refractivity (Wildman–Crippen MR) is 97.2 cm³/mol. The van der Waals surface area contributed by atoms with Crippen LogP contribution in [0.15, 0.2) is 23.1 Å². The molecule has 6 heteroatoms. The zero-order valence-corrected chi connectivity index (χ0v) is 15.1. The summed E-state index contributed by atoms with van der Waals surface area (Å²) in [6.07, 6.45) is 8.45. The first kappa shape index (κ1) is 17.4. The highest BCUT2D eigenvalue weighted by molar-refractivity contribution is 7.83. The molecule has 0 spiro atoms. The van der Waals surface area contributed by atoms with E-state index >= 15 is 0 Å². The minimum absolute atomic E-state index is 0.0321. The number of nitrogens with one attached hydrogen (secondary N) is 2. The first-order valence-electron chi connectivity index (χ1n) is 8.84. The number of primary amides is 1. The average Bonchev–Trinajstić information content (AvgIpc) is 3.30. The van der Waals surface area contributed by atoms with Crippen LogP contribution in [0.25, 0.3) is 0 Å². The lowest BCUT2D eigenvalue weighted by molar-refractivity contribution is 0.100. The molecule has 0 radical (unpaired) electrons. The standard InChI is InChI=1S/C18H27N3O2S/c1-18(9-10-18)21-24(23)14-7-8-16(15(11-14)17(19)22)20-12-13-5-3-2-4-6-13/h7-8,11,13,20-21H,2-6,9-10,12H2,1H3,(H2,19,22). The Morgan fingerprint density at radius 3 is 2.62 bits per heavy atom. The highest BCUT2D eigenvalue weighted by Gasteiger charge is 2.38. The van der Waals surface area contributed by atoms with E-state index in [0.717, 1.165) is 25.1 Å². The van der Waals surface area contributed by atoms with E-state index in [1.54, 1.807) is 6.07 Å². The van der Waals surface area contributed by atoms with Crippen molar-refractivity contribution >= 4 is 22.6 Å². The van der Waals surface area contributed by atoms with Crippen molar-refractivity contribution in [3.8, 4) is 0 Å². The number of anilines is 1. The zero-order chi connectivity index (χ0) is 17.2. The molecular formula is C18H27N3O2S. The Balaban J connectivity index is 1.69. The van der Waals surface area contributed by atoms with Crippen LogP contribution < -0.4 is 15.8 Å². The second-order valence-corrected chi connectivity index (χ2v) is 8.60. The molecule has 1 atom stereocenters. The Kier molecular flexibility index (Phi) is 5.25. The number of rotatable bonds is 7. The molecule has 2 fully saturated rings. The van der Waals surface area contributed by atoms with Crippen molar-refractivity contribution in [1.82, 2.24) is 4.72 Å². The van der Waals surface area contributed by atoms with Gasteiger partial charge in [0.25, 0.3) is 5.91 Å². The van der Waals surface area contributed by atoms with Crippen LogP contribution in [-0.4, -0.2) is 22.2 Å². The summed E-state index contributed by atoms with van der Waals surface area (Å²) in [5.41, 5.74) is 6.66. The van der Waals surface area contributed by atoms with Gasteiger partial charge in [-0.25, -0.2) is 8.93 Å². The normalized spacial score (nSPS) is 21.2. The number of benzene rings is 1. The van der Waals surface area contributed by atoms with Gasteiger partial charge in [0.2, 0.25) is 0 Å². The maximum absolute atomic E-state index is 12.4. The number of carbonyl (C=O) groups is 1. The van der Waals surface area contributed by atoms with Crippen LogP contribution in [0.5, 0.6) is 0 Å². The molecule has 1 amide bonds. The van der Waals surface area contributed by atoms with Crippen molar-refractivity contribution in [1.29, 1.82) is 0 Å². The summed E-state index contributed by atoms with van der Waals surface area (Å²) in [5.74, 6) is 0.169. The van der Waals surface area contributed by atoms with Crippen molar-refractivity contribution < 1.29 is 9.00 Å². The quantitative estimate of drug-likeness (QED) is 0.707. The molecule has 1 aromatic rings. The summed E-state index contributed by atoms with van der Waals surface area (Å²) in [5, 5.41) is 3.37. The molecule has 4 N–H and O–H groups in total. The summed E-state index contributed by atoms with van der Waals surface area (Å²) >= 11 is 0. The molecule has 132 valence electrons. The van der Waals surface area contributed by atoms with Crippen LogP contribution in [0.2, 0.25) is 0 Å². The maximum atomic E-state index is 12.4. The third kappa shape index (κ3) is 4.36. The van der Waals surface area contributed by atoms with Gasteiger partial charge < -0.3 is 11.1 Å². The monoisotopic (exact) mass is 349 g/mol. The first-order valence-corrected chi connectivity index (χ1v) is 9.99.